The molecule has 1 aromatic carbocycles. The molecule has 100 heavy (non-hydrogen) atoms. The fourth-order valence-corrected chi connectivity index (χ4v) is 16.4. The Bertz CT molecular complexity index is 3190. The number of amides is 12. The number of halogens is 4. The van der Waals surface area contributed by atoms with Gasteiger partial charge in [0.05, 0.1) is 23.6 Å². The van der Waals surface area contributed by atoms with Gasteiger partial charge in [0.2, 0.25) is 70.9 Å². The van der Waals surface area contributed by atoms with Gasteiger partial charge in [-0.3, -0.25) is 57.5 Å². The summed E-state index contributed by atoms with van der Waals surface area (Å²) in [5, 5.41) is 8.21. The lowest BCUT2D eigenvalue weighted by Crippen LogP contribution is -2.65. The van der Waals surface area contributed by atoms with Crippen LogP contribution in [0.3, 0.4) is 0 Å². The second-order valence-corrected chi connectivity index (χ2v) is 30.4. The van der Waals surface area contributed by atoms with Crippen molar-refractivity contribution in [2.45, 2.75) is 248 Å². The number of piperidine rings is 1. The Morgan fingerprint density at radius 2 is 1.28 bits per heavy atom. The zero-order valence-electron chi connectivity index (χ0n) is 60.5. The van der Waals surface area contributed by atoms with E-state index in [1.807, 2.05) is 6.92 Å². The van der Waals surface area contributed by atoms with E-state index in [4.69, 9.17) is 11.6 Å². The van der Waals surface area contributed by atoms with Crippen molar-refractivity contribution in [3.05, 3.63) is 34.3 Å². The van der Waals surface area contributed by atoms with Crippen molar-refractivity contribution in [3.8, 4) is 0 Å². The molecule has 3 saturated carbocycles. The number of nitrogens with zero attached hydrogens (tertiary/aromatic N) is 9. The Labute approximate surface area is 592 Å². The maximum Gasteiger partial charge on any atom is 0.417 e. The van der Waals surface area contributed by atoms with Crippen LogP contribution in [-0.2, 0) is 70.1 Å². The van der Waals surface area contributed by atoms with Crippen molar-refractivity contribution in [2.24, 2.45) is 23.7 Å². The first-order valence-corrected chi connectivity index (χ1v) is 36.9. The van der Waals surface area contributed by atoms with Gasteiger partial charge in [-0.05, 0) is 132 Å². The van der Waals surface area contributed by atoms with E-state index in [0.29, 0.717) is 70.0 Å². The van der Waals surface area contributed by atoms with Crippen LogP contribution < -0.4 is 16.0 Å². The van der Waals surface area contributed by atoms with E-state index in [9.17, 15) is 41.9 Å². The number of alkyl halides is 3. The predicted octanol–water partition coefficient (Wildman–Crippen LogP) is 5.78. The molecule has 8 rings (SSSR count). The maximum absolute atomic E-state index is 15.5. The Kier molecular flexibility index (Phi) is 26.6. The van der Waals surface area contributed by atoms with E-state index in [2.05, 4.69) is 16.0 Å². The van der Waals surface area contributed by atoms with Crippen LogP contribution in [0.4, 0.5) is 13.2 Å². The summed E-state index contributed by atoms with van der Waals surface area (Å²) in [4.78, 5) is 192. The minimum Gasteiger partial charge on any atom is -0.343 e. The highest BCUT2D eigenvalue weighted by molar-refractivity contribution is 6.31. The first-order valence-electron chi connectivity index (χ1n) is 36.5. The highest BCUT2D eigenvalue weighted by Crippen LogP contribution is 2.38. The molecule has 0 aromatic heterocycles. The van der Waals surface area contributed by atoms with Crippen LogP contribution in [0.15, 0.2) is 18.2 Å². The third-order valence-corrected chi connectivity index (χ3v) is 23.3. The third kappa shape index (κ3) is 17.7. The number of carbonyl (C=O) groups excluding carboxylic acids is 12. The summed E-state index contributed by atoms with van der Waals surface area (Å²) in [6.07, 6.45) is 5.68. The quantitative estimate of drug-likeness (QED) is 0.252. The molecule has 0 unspecified atom stereocenters. The van der Waals surface area contributed by atoms with Gasteiger partial charge in [-0.1, -0.05) is 103 Å². The number of fused-ring (bicyclic) bond motifs is 2. The van der Waals surface area contributed by atoms with Crippen LogP contribution in [0.25, 0.3) is 0 Å². The molecule has 4 heterocycles. The van der Waals surface area contributed by atoms with E-state index in [1.165, 1.54) is 89.6 Å². The van der Waals surface area contributed by atoms with E-state index in [-0.39, 0.29) is 69.9 Å². The molecule has 10 atom stereocenters. The highest BCUT2D eigenvalue weighted by atomic mass is 35.5. The lowest BCUT2D eigenvalue weighted by Gasteiger charge is -2.45. The van der Waals surface area contributed by atoms with Crippen molar-refractivity contribution < 1.29 is 70.7 Å². The molecule has 0 bridgehead atoms. The number of likely N-dealkylation sites (N-methyl/N-ethyl adjacent to an activating group) is 6. The molecule has 4 saturated heterocycles. The van der Waals surface area contributed by atoms with Gasteiger partial charge in [-0.15, -0.1) is 0 Å². The minimum absolute atomic E-state index is 0.0260. The van der Waals surface area contributed by atoms with Crippen LogP contribution in [0.2, 0.25) is 5.02 Å². The van der Waals surface area contributed by atoms with Crippen LogP contribution >= 0.6 is 11.6 Å². The van der Waals surface area contributed by atoms with Crippen molar-refractivity contribution in [3.63, 3.8) is 0 Å². The summed E-state index contributed by atoms with van der Waals surface area (Å²) >= 11 is 6.16. The number of likely N-dealkylation sites (tertiary alicyclic amines) is 1. The van der Waals surface area contributed by atoms with Gasteiger partial charge < -0.3 is 60.0 Å². The summed E-state index contributed by atoms with van der Waals surface area (Å²) in [7, 11) is 8.68. The van der Waals surface area contributed by atoms with Crippen molar-refractivity contribution in [2.75, 3.05) is 75.0 Å². The fraction of sp³-hybridized carbons (Fsp3) is 0.750. The fourth-order valence-electron chi connectivity index (χ4n) is 16.1. The molecular weight excluding hydrogens is 1320 g/mol. The van der Waals surface area contributed by atoms with Gasteiger partial charge in [-0.2, -0.15) is 13.2 Å². The lowest BCUT2D eigenvalue weighted by atomic mass is 9.78. The van der Waals surface area contributed by atoms with Crippen molar-refractivity contribution in [1.82, 2.24) is 60.0 Å². The second kappa shape index (κ2) is 33.8. The van der Waals surface area contributed by atoms with E-state index < -0.39 is 172 Å². The molecule has 4 aliphatic heterocycles. The van der Waals surface area contributed by atoms with Crippen LogP contribution in [0, 0.1) is 23.7 Å². The van der Waals surface area contributed by atoms with Gasteiger partial charge in [0.1, 0.15) is 59.9 Å². The molecule has 1 spiro atoms. The number of hydrogen-bond donors (Lipinski definition) is 3. The number of aryl methyl sites for hydroxylation is 1. The number of carbonyl (C=O) groups is 12. The predicted molar refractivity (Wildman–Crippen MR) is 367 cm³/mol. The maximum atomic E-state index is 15.5. The molecule has 0 radical (unpaired) electrons. The zero-order valence-corrected chi connectivity index (χ0v) is 61.2. The molecule has 7 fully saturated rings. The lowest BCUT2D eigenvalue weighted by molar-refractivity contribution is -0.160. The van der Waals surface area contributed by atoms with Crippen LogP contribution in [-0.4, -0.2) is 250 Å². The molecule has 3 N–H and O–H groups in total. The summed E-state index contributed by atoms with van der Waals surface area (Å²) in [5.74, 6) is -8.85. The topological polar surface area (TPSA) is 270 Å². The summed E-state index contributed by atoms with van der Waals surface area (Å²) in [6.45, 7) is 8.98. The number of benzene rings is 1. The second-order valence-electron chi connectivity index (χ2n) is 30.0. The SMILES string of the molecule is CC[C@H](C)[C@@H]1NC(=O)[C@H](C2CCC2)N(C)C(=O)C[C@@H](C(=O)N2CCCCC2)N(C)C(=O)[C@H](C(C)C)N(C)C(=O)C2(CCCC2)NC(=O)[C@@H]2CCCN2C(=O)[C@H](CCc2ccc(C(F)(F)F)c(Cl)c2)NC(=O)CN(C)C(=O)[C@H](CC2CCCCC2)N(C)C(=O)[C@@H]2CCN2C(=O)[C@H](C)N(C)C1=O. The standard InChI is InChI=1S/C72H108ClF3N12O12/c1-12-44(4)58-68(98)81(7)45(5)63(93)88-38-32-53(88)66(96)82(8)54(40-46-23-15-13-16-24-46)65(95)80(6)42-56(89)77-51(31-29-47-28-30-49(50(73)39-47)72(74,75)76)64(94)87-37-22-27-52(87)61(91)79-71(33-17-18-34-71)70(100)85(11)59(43(2)3)69(99)83(9)55(67(97)86-35-19-14-20-36-86)41-57(90)84(10)60(62(92)78-58)48-25-21-26-48/h28,30,39,43-46,48,51-55,58-60H,12-27,29,31-38,40-42H2,1-11H3,(H,77,89)(H,78,92)(H,79,91)/t44-,45-,51-,52-,53-,54-,55-,58-,59-,60-/m0/s1. The molecule has 7 aliphatic rings. The molecular formula is C72H108ClF3N12O12. The zero-order chi connectivity index (χ0) is 73.4. The molecule has 28 heteroatoms. The van der Waals surface area contributed by atoms with Gasteiger partial charge in [0.25, 0.3) is 0 Å². The van der Waals surface area contributed by atoms with Gasteiger partial charge in [-0.25, -0.2) is 0 Å². The average molecular weight is 1430 g/mol. The third-order valence-electron chi connectivity index (χ3n) is 23.0. The van der Waals surface area contributed by atoms with E-state index in [1.54, 1.807) is 25.7 Å². The monoisotopic (exact) mass is 1420 g/mol. The molecule has 12 amide bonds. The summed E-state index contributed by atoms with van der Waals surface area (Å²) in [6, 6.07) is -7.68. The van der Waals surface area contributed by atoms with E-state index >= 15 is 28.8 Å². The highest BCUT2D eigenvalue weighted by Gasteiger charge is 2.52. The number of rotatable bonds is 10. The molecule has 24 nitrogen and oxygen atoms in total. The smallest absolute Gasteiger partial charge is 0.343 e. The molecule has 556 valence electrons. The van der Waals surface area contributed by atoms with Gasteiger partial charge >= 0.3 is 6.18 Å². The summed E-state index contributed by atoms with van der Waals surface area (Å²) in [5.41, 5.74) is -2.34. The normalized spacial score (nSPS) is 28.6. The summed E-state index contributed by atoms with van der Waals surface area (Å²) < 4.78 is 41.6. The minimum atomic E-state index is -4.76. The van der Waals surface area contributed by atoms with E-state index in [0.717, 1.165) is 62.0 Å². The molecule has 1 aromatic rings. The first kappa shape index (κ1) is 78.7. The number of hydrogen-bond acceptors (Lipinski definition) is 12. The Hall–Kier alpha value is -7.06. The Balaban J connectivity index is 1.16. The Morgan fingerprint density at radius 3 is 1.86 bits per heavy atom. The van der Waals surface area contributed by atoms with Crippen LogP contribution in [0.5, 0.6) is 0 Å². The van der Waals surface area contributed by atoms with Crippen molar-refractivity contribution in [1.29, 1.82) is 0 Å². The van der Waals surface area contributed by atoms with Gasteiger partial charge in [0.15, 0.2) is 0 Å². The largest absolute Gasteiger partial charge is 0.417 e. The van der Waals surface area contributed by atoms with Gasteiger partial charge in [0, 0.05) is 68.5 Å². The van der Waals surface area contributed by atoms with Crippen molar-refractivity contribution >= 4 is 82.5 Å². The average Bonchev–Trinajstić information content (AvgIpc) is 1.29. The Morgan fingerprint density at radius 1 is 0.640 bits per heavy atom. The van der Waals surface area contributed by atoms with Crippen LogP contribution in [0.1, 0.15) is 187 Å². The number of nitrogens with one attached hydrogen (secondary N) is 3. The molecule has 3 aliphatic carbocycles. The first-order chi connectivity index (χ1) is 47.2.